The van der Waals surface area contributed by atoms with E-state index in [4.69, 9.17) is 11.6 Å². The molecule has 0 aromatic heterocycles. The Morgan fingerprint density at radius 1 is 1.56 bits per heavy atom. The van der Waals surface area contributed by atoms with Crippen LogP contribution in [0.5, 0.6) is 0 Å². The van der Waals surface area contributed by atoms with Crippen molar-refractivity contribution in [3.63, 3.8) is 0 Å². The molecule has 1 aliphatic carbocycles. The maximum Gasteiger partial charge on any atom is 0.0693 e. The van der Waals surface area contributed by atoms with E-state index >= 15 is 0 Å². The molecule has 0 bridgehead atoms. The maximum atomic E-state index is 9.56. The molecule has 2 unspecified atom stereocenters. The van der Waals surface area contributed by atoms with Gasteiger partial charge in [-0.2, -0.15) is 5.26 Å². The second kappa shape index (κ2) is 5.63. The summed E-state index contributed by atoms with van der Waals surface area (Å²) in [5.74, 6) is 0.646. The fourth-order valence-electron chi connectivity index (χ4n) is 2.99. The summed E-state index contributed by atoms with van der Waals surface area (Å²) in [6, 6.07) is 8.51. The third-order valence-electron chi connectivity index (χ3n) is 3.87. The molecule has 0 N–H and O–H groups in total. The molecule has 2 atom stereocenters. The van der Waals surface area contributed by atoms with E-state index in [2.05, 4.69) is 28.9 Å². The van der Waals surface area contributed by atoms with Crippen LogP contribution in [0.25, 0.3) is 0 Å². The molecule has 3 heteroatoms. The standard InChI is InChI=1S/C15H17BrClN/c1-11-3-2-6-15(8-11,10-18)9-12-4-5-13(16)7-14(12)17/h4-5,7,11H,2-3,6,8-9H2,1H3. The van der Waals surface area contributed by atoms with Crippen molar-refractivity contribution in [2.24, 2.45) is 11.3 Å². The van der Waals surface area contributed by atoms with Crippen LogP contribution in [0.15, 0.2) is 22.7 Å². The summed E-state index contributed by atoms with van der Waals surface area (Å²) in [5.41, 5.74) is 0.880. The number of hydrogen-bond donors (Lipinski definition) is 0. The monoisotopic (exact) mass is 325 g/mol. The van der Waals surface area contributed by atoms with Crippen LogP contribution in [0.3, 0.4) is 0 Å². The molecule has 1 aromatic rings. The topological polar surface area (TPSA) is 23.8 Å². The fourth-order valence-corrected chi connectivity index (χ4v) is 3.73. The summed E-state index contributed by atoms with van der Waals surface area (Å²) in [7, 11) is 0. The maximum absolute atomic E-state index is 9.56. The van der Waals surface area contributed by atoms with Gasteiger partial charge in [0.25, 0.3) is 0 Å². The van der Waals surface area contributed by atoms with Crippen LogP contribution in [-0.2, 0) is 6.42 Å². The van der Waals surface area contributed by atoms with Gasteiger partial charge in [-0.25, -0.2) is 0 Å². The summed E-state index contributed by atoms with van der Waals surface area (Å²) in [4.78, 5) is 0. The van der Waals surface area contributed by atoms with Crippen molar-refractivity contribution in [2.75, 3.05) is 0 Å². The molecule has 0 heterocycles. The minimum Gasteiger partial charge on any atom is -0.198 e. The van der Waals surface area contributed by atoms with Gasteiger partial charge in [0, 0.05) is 9.50 Å². The minimum atomic E-state index is -0.213. The SMILES string of the molecule is CC1CCCC(C#N)(Cc2ccc(Br)cc2Cl)C1. The first-order chi connectivity index (χ1) is 8.54. The largest absolute Gasteiger partial charge is 0.198 e. The molecule has 1 saturated carbocycles. The van der Waals surface area contributed by atoms with Gasteiger partial charge >= 0.3 is 0 Å². The van der Waals surface area contributed by atoms with Gasteiger partial charge in [0.15, 0.2) is 0 Å². The van der Waals surface area contributed by atoms with Crippen LogP contribution in [0.4, 0.5) is 0 Å². The van der Waals surface area contributed by atoms with Gasteiger partial charge in [-0.05, 0) is 42.9 Å². The second-order valence-corrected chi connectivity index (χ2v) is 6.83. The predicted octanol–water partition coefficient (Wildman–Crippen LogP) is 5.37. The summed E-state index contributed by atoms with van der Waals surface area (Å²) < 4.78 is 0.985. The molecule has 1 aliphatic rings. The number of halogens is 2. The van der Waals surface area contributed by atoms with Crippen LogP contribution in [0, 0.1) is 22.7 Å². The normalized spacial score (nSPS) is 27.8. The Balaban J connectivity index is 2.22. The minimum absolute atomic E-state index is 0.213. The van der Waals surface area contributed by atoms with Crippen molar-refractivity contribution in [3.05, 3.63) is 33.3 Å². The number of nitriles is 1. The molecule has 0 spiro atoms. The zero-order chi connectivity index (χ0) is 13.2. The molecular formula is C15H17BrClN. The Morgan fingerprint density at radius 2 is 2.33 bits per heavy atom. The third-order valence-corrected chi connectivity index (χ3v) is 4.72. The van der Waals surface area contributed by atoms with Crippen LogP contribution < -0.4 is 0 Å². The highest BCUT2D eigenvalue weighted by Crippen LogP contribution is 2.42. The molecule has 1 fully saturated rings. The van der Waals surface area contributed by atoms with Gasteiger partial charge in [0.2, 0.25) is 0 Å². The van der Waals surface area contributed by atoms with E-state index in [0.29, 0.717) is 5.92 Å². The van der Waals surface area contributed by atoms with Gasteiger partial charge in [0.1, 0.15) is 0 Å². The highest BCUT2D eigenvalue weighted by atomic mass is 79.9. The first-order valence-corrected chi connectivity index (χ1v) is 7.57. The van der Waals surface area contributed by atoms with E-state index < -0.39 is 0 Å². The van der Waals surface area contributed by atoms with E-state index in [0.717, 1.165) is 40.7 Å². The predicted molar refractivity (Wildman–Crippen MR) is 78.5 cm³/mol. The molecule has 1 aromatic carbocycles. The first-order valence-electron chi connectivity index (χ1n) is 6.40. The van der Waals surface area contributed by atoms with E-state index in [-0.39, 0.29) is 5.41 Å². The molecule has 0 amide bonds. The summed E-state index contributed by atoms with van der Waals surface area (Å²) in [5, 5.41) is 10.3. The van der Waals surface area contributed by atoms with Gasteiger partial charge < -0.3 is 0 Å². The lowest BCUT2D eigenvalue weighted by Crippen LogP contribution is -2.28. The van der Waals surface area contributed by atoms with E-state index in [9.17, 15) is 5.26 Å². The number of nitrogens with zero attached hydrogens (tertiary/aromatic N) is 1. The van der Waals surface area contributed by atoms with Gasteiger partial charge in [-0.15, -0.1) is 0 Å². The van der Waals surface area contributed by atoms with Crippen LogP contribution in [0.1, 0.15) is 38.2 Å². The zero-order valence-corrected chi connectivity index (χ0v) is 12.9. The Bertz CT molecular complexity index is 480. The highest BCUT2D eigenvalue weighted by molar-refractivity contribution is 9.10. The quantitative estimate of drug-likeness (QED) is 0.717. The molecule has 0 saturated heterocycles. The molecule has 96 valence electrons. The van der Waals surface area contributed by atoms with Crippen LogP contribution >= 0.6 is 27.5 Å². The third kappa shape index (κ3) is 3.08. The lowest BCUT2D eigenvalue weighted by Gasteiger charge is -2.34. The molecule has 1 nitrogen and oxygen atoms in total. The first kappa shape index (κ1) is 13.9. The van der Waals surface area contributed by atoms with Crippen molar-refractivity contribution in [2.45, 2.75) is 39.0 Å². The van der Waals surface area contributed by atoms with Crippen molar-refractivity contribution < 1.29 is 0 Å². The smallest absolute Gasteiger partial charge is 0.0693 e. The summed E-state index contributed by atoms with van der Waals surface area (Å²) >= 11 is 9.68. The highest BCUT2D eigenvalue weighted by Gasteiger charge is 2.35. The van der Waals surface area contributed by atoms with E-state index in [1.807, 2.05) is 18.2 Å². The lowest BCUT2D eigenvalue weighted by atomic mass is 9.68. The van der Waals surface area contributed by atoms with Crippen LogP contribution in [0.2, 0.25) is 5.02 Å². The second-order valence-electron chi connectivity index (χ2n) is 5.51. The van der Waals surface area contributed by atoms with E-state index in [1.165, 1.54) is 6.42 Å². The van der Waals surface area contributed by atoms with Gasteiger partial charge in [-0.3, -0.25) is 0 Å². The van der Waals surface area contributed by atoms with Gasteiger partial charge in [-0.1, -0.05) is 53.4 Å². The van der Waals surface area contributed by atoms with Crippen LogP contribution in [-0.4, -0.2) is 0 Å². The Morgan fingerprint density at radius 3 is 2.94 bits per heavy atom. The molecule has 18 heavy (non-hydrogen) atoms. The summed E-state index contributed by atoms with van der Waals surface area (Å²) in [6.45, 7) is 2.24. The number of benzene rings is 1. The zero-order valence-electron chi connectivity index (χ0n) is 10.5. The number of hydrogen-bond acceptors (Lipinski definition) is 1. The van der Waals surface area contributed by atoms with Gasteiger partial charge in [0.05, 0.1) is 11.5 Å². The lowest BCUT2D eigenvalue weighted by molar-refractivity contribution is 0.209. The molecule has 0 radical (unpaired) electrons. The van der Waals surface area contributed by atoms with Crippen molar-refractivity contribution >= 4 is 27.5 Å². The average Bonchev–Trinajstić information content (AvgIpc) is 2.33. The average molecular weight is 327 g/mol. The van der Waals surface area contributed by atoms with Crippen molar-refractivity contribution in [3.8, 4) is 6.07 Å². The van der Waals surface area contributed by atoms with E-state index in [1.54, 1.807) is 0 Å². The molecular weight excluding hydrogens is 310 g/mol. The molecule has 2 rings (SSSR count). The molecule has 0 aliphatic heterocycles. The Kier molecular flexibility index (Phi) is 4.35. The Hall–Kier alpha value is -0.520. The van der Waals surface area contributed by atoms with Crippen molar-refractivity contribution in [1.29, 1.82) is 5.26 Å². The Labute approximate surface area is 122 Å². The van der Waals surface area contributed by atoms with Crippen molar-refractivity contribution in [1.82, 2.24) is 0 Å². The fraction of sp³-hybridized carbons (Fsp3) is 0.533. The number of rotatable bonds is 2. The summed E-state index contributed by atoms with van der Waals surface area (Å²) in [6.07, 6.45) is 5.18.